The Hall–Kier alpha value is -0.570. The van der Waals surface area contributed by atoms with Crippen molar-refractivity contribution >= 4 is 21.7 Å². The Morgan fingerprint density at radius 2 is 2.50 bits per heavy atom. The standard InChI is InChI=1S/C9H11BrN2/c1-6-2-7-3-8(10)5-12-9(7)11-4-6/h3,5-6H,2,4H2,1H3,(H,11,12)/t6-/m0/s1. The van der Waals surface area contributed by atoms with Crippen LogP contribution in [0.1, 0.15) is 12.5 Å². The average molecular weight is 227 g/mol. The molecule has 1 N–H and O–H groups in total. The molecule has 1 aliphatic heterocycles. The molecule has 0 aliphatic carbocycles. The van der Waals surface area contributed by atoms with Crippen LogP contribution in [-0.4, -0.2) is 11.5 Å². The number of hydrogen-bond donors (Lipinski definition) is 1. The van der Waals surface area contributed by atoms with Gasteiger partial charge in [-0.15, -0.1) is 0 Å². The monoisotopic (exact) mass is 226 g/mol. The van der Waals surface area contributed by atoms with Crippen molar-refractivity contribution in [3.63, 3.8) is 0 Å². The number of halogens is 1. The van der Waals surface area contributed by atoms with Crippen LogP contribution in [0.4, 0.5) is 5.82 Å². The maximum Gasteiger partial charge on any atom is 0.129 e. The van der Waals surface area contributed by atoms with Crippen LogP contribution in [-0.2, 0) is 6.42 Å². The van der Waals surface area contributed by atoms with Crippen LogP contribution < -0.4 is 5.32 Å². The maximum absolute atomic E-state index is 4.30. The Morgan fingerprint density at radius 3 is 3.33 bits per heavy atom. The molecular weight excluding hydrogens is 216 g/mol. The van der Waals surface area contributed by atoms with Gasteiger partial charge in [0.1, 0.15) is 5.82 Å². The summed E-state index contributed by atoms with van der Waals surface area (Å²) in [5, 5.41) is 3.31. The third-order valence-corrected chi connectivity index (χ3v) is 2.55. The van der Waals surface area contributed by atoms with E-state index in [0.29, 0.717) is 5.92 Å². The van der Waals surface area contributed by atoms with E-state index in [0.717, 1.165) is 23.3 Å². The van der Waals surface area contributed by atoms with E-state index in [2.05, 4.69) is 39.2 Å². The smallest absolute Gasteiger partial charge is 0.129 e. The molecule has 3 heteroatoms. The van der Waals surface area contributed by atoms with Gasteiger partial charge in [0.15, 0.2) is 0 Å². The summed E-state index contributed by atoms with van der Waals surface area (Å²) in [6.45, 7) is 3.29. The topological polar surface area (TPSA) is 24.9 Å². The summed E-state index contributed by atoms with van der Waals surface area (Å²) in [6, 6.07) is 2.14. The molecule has 1 aromatic rings. The molecule has 0 bridgehead atoms. The number of hydrogen-bond acceptors (Lipinski definition) is 2. The molecule has 2 rings (SSSR count). The van der Waals surface area contributed by atoms with Gasteiger partial charge in [-0.2, -0.15) is 0 Å². The Balaban J connectivity index is 2.37. The van der Waals surface area contributed by atoms with Gasteiger partial charge in [-0.25, -0.2) is 4.98 Å². The highest BCUT2D eigenvalue weighted by Gasteiger charge is 2.14. The SMILES string of the molecule is C[C@@H]1CNc2ncc(Br)cc2C1. The van der Waals surface area contributed by atoms with E-state index in [1.54, 1.807) is 0 Å². The average Bonchev–Trinajstić information content (AvgIpc) is 2.03. The van der Waals surface area contributed by atoms with Gasteiger partial charge in [0.05, 0.1) is 0 Å². The van der Waals surface area contributed by atoms with Crippen molar-refractivity contribution in [2.45, 2.75) is 13.3 Å². The third kappa shape index (κ3) is 1.46. The molecule has 1 aromatic heterocycles. The molecule has 0 radical (unpaired) electrons. The first-order valence-electron chi connectivity index (χ1n) is 4.14. The fourth-order valence-electron chi connectivity index (χ4n) is 1.51. The number of nitrogens with zero attached hydrogens (tertiary/aromatic N) is 1. The summed E-state index contributed by atoms with van der Waals surface area (Å²) in [5.74, 6) is 1.77. The molecule has 0 saturated heterocycles. The second-order valence-corrected chi connectivity index (χ2v) is 4.27. The molecule has 0 unspecified atom stereocenters. The van der Waals surface area contributed by atoms with Crippen LogP contribution in [0.2, 0.25) is 0 Å². The molecule has 0 fully saturated rings. The lowest BCUT2D eigenvalue weighted by molar-refractivity contribution is 0.590. The molecule has 64 valence electrons. The molecule has 1 atom stereocenters. The van der Waals surface area contributed by atoms with Crippen LogP contribution >= 0.6 is 15.9 Å². The first-order chi connectivity index (χ1) is 5.75. The first kappa shape index (κ1) is 8.05. The molecule has 0 spiro atoms. The largest absolute Gasteiger partial charge is 0.370 e. The summed E-state index contributed by atoms with van der Waals surface area (Å²) in [6.07, 6.45) is 2.97. The van der Waals surface area contributed by atoms with Crippen LogP contribution in [0.3, 0.4) is 0 Å². The van der Waals surface area contributed by atoms with Gasteiger partial charge in [0, 0.05) is 17.2 Å². The van der Waals surface area contributed by atoms with Crippen molar-refractivity contribution < 1.29 is 0 Å². The predicted octanol–water partition coefficient (Wildman–Crippen LogP) is 2.45. The third-order valence-electron chi connectivity index (χ3n) is 2.12. The van der Waals surface area contributed by atoms with Crippen molar-refractivity contribution in [3.05, 3.63) is 22.3 Å². The first-order valence-corrected chi connectivity index (χ1v) is 4.93. The van der Waals surface area contributed by atoms with E-state index in [4.69, 9.17) is 0 Å². The number of fused-ring (bicyclic) bond motifs is 1. The highest BCUT2D eigenvalue weighted by molar-refractivity contribution is 9.10. The lowest BCUT2D eigenvalue weighted by Crippen LogP contribution is -2.21. The number of pyridine rings is 1. The van der Waals surface area contributed by atoms with Gasteiger partial charge in [-0.1, -0.05) is 6.92 Å². The minimum Gasteiger partial charge on any atom is -0.370 e. The number of rotatable bonds is 0. The van der Waals surface area contributed by atoms with E-state index >= 15 is 0 Å². The van der Waals surface area contributed by atoms with Gasteiger partial charge < -0.3 is 5.32 Å². The highest BCUT2D eigenvalue weighted by Crippen LogP contribution is 2.24. The quantitative estimate of drug-likeness (QED) is 0.736. The molecule has 1 aliphatic rings. The van der Waals surface area contributed by atoms with Gasteiger partial charge in [0.25, 0.3) is 0 Å². The zero-order valence-corrected chi connectivity index (χ0v) is 8.56. The summed E-state index contributed by atoms with van der Waals surface area (Å²) in [5.41, 5.74) is 1.32. The molecular formula is C9H11BrN2. The maximum atomic E-state index is 4.30. The number of nitrogens with one attached hydrogen (secondary N) is 1. The van der Waals surface area contributed by atoms with Crippen molar-refractivity contribution in [3.8, 4) is 0 Å². The van der Waals surface area contributed by atoms with Crippen LogP contribution in [0.25, 0.3) is 0 Å². The van der Waals surface area contributed by atoms with Crippen molar-refractivity contribution in [2.24, 2.45) is 5.92 Å². The fourth-order valence-corrected chi connectivity index (χ4v) is 1.89. The predicted molar refractivity (Wildman–Crippen MR) is 53.3 cm³/mol. The molecule has 0 amide bonds. The van der Waals surface area contributed by atoms with Gasteiger partial charge in [-0.3, -0.25) is 0 Å². The lowest BCUT2D eigenvalue weighted by atomic mass is 9.98. The number of aromatic nitrogens is 1. The Morgan fingerprint density at radius 1 is 1.67 bits per heavy atom. The van der Waals surface area contributed by atoms with E-state index in [1.807, 2.05) is 6.20 Å². The zero-order valence-electron chi connectivity index (χ0n) is 6.97. The molecule has 12 heavy (non-hydrogen) atoms. The van der Waals surface area contributed by atoms with E-state index in [-0.39, 0.29) is 0 Å². The fraction of sp³-hybridized carbons (Fsp3) is 0.444. The van der Waals surface area contributed by atoms with Crippen molar-refractivity contribution in [2.75, 3.05) is 11.9 Å². The Kier molecular flexibility index (Phi) is 2.05. The normalized spacial score (nSPS) is 21.3. The van der Waals surface area contributed by atoms with Gasteiger partial charge in [-0.05, 0) is 39.9 Å². The zero-order chi connectivity index (χ0) is 8.55. The molecule has 2 nitrogen and oxygen atoms in total. The molecule has 0 aromatic carbocycles. The van der Waals surface area contributed by atoms with Gasteiger partial charge in [0.2, 0.25) is 0 Å². The second-order valence-electron chi connectivity index (χ2n) is 3.35. The van der Waals surface area contributed by atoms with Crippen LogP contribution in [0.15, 0.2) is 16.7 Å². The second kappa shape index (κ2) is 3.05. The summed E-state index contributed by atoms with van der Waals surface area (Å²) >= 11 is 3.42. The van der Waals surface area contributed by atoms with Crippen molar-refractivity contribution in [1.29, 1.82) is 0 Å². The Bertz CT molecular complexity index is 299. The van der Waals surface area contributed by atoms with E-state index in [9.17, 15) is 0 Å². The lowest BCUT2D eigenvalue weighted by Gasteiger charge is -2.22. The summed E-state index contributed by atoms with van der Waals surface area (Å²) in [7, 11) is 0. The van der Waals surface area contributed by atoms with Crippen LogP contribution in [0.5, 0.6) is 0 Å². The van der Waals surface area contributed by atoms with Gasteiger partial charge >= 0.3 is 0 Å². The van der Waals surface area contributed by atoms with E-state index in [1.165, 1.54) is 5.56 Å². The number of anilines is 1. The molecule has 0 saturated carbocycles. The minimum atomic E-state index is 0.716. The molecule has 2 heterocycles. The highest BCUT2D eigenvalue weighted by atomic mass is 79.9. The summed E-state index contributed by atoms with van der Waals surface area (Å²) in [4.78, 5) is 4.30. The summed E-state index contributed by atoms with van der Waals surface area (Å²) < 4.78 is 1.07. The van der Waals surface area contributed by atoms with Crippen molar-refractivity contribution in [1.82, 2.24) is 4.98 Å². The minimum absolute atomic E-state index is 0.716. The Labute approximate surface area is 80.5 Å². The van der Waals surface area contributed by atoms with Crippen LogP contribution in [0, 0.1) is 5.92 Å². The van der Waals surface area contributed by atoms with E-state index < -0.39 is 0 Å².